The Morgan fingerprint density at radius 3 is 3.21 bits per heavy atom. The molecule has 4 nitrogen and oxygen atoms in total. The fourth-order valence-corrected chi connectivity index (χ4v) is 2.27. The van der Waals surface area contributed by atoms with Crippen LogP contribution in [0.3, 0.4) is 0 Å². The highest BCUT2D eigenvalue weighted by molar-refractivity contribution is 7.15. The molecule has 1 fully saturated rings. The molecule has 14 heavy (non-hydrogen) atoms. The van der Waals surface area contributed by atoms with Gasteiger partial charge in [0.1, 0.15) is 0 Å². The first-order valence-electron chi connectivity index (χ1n) is 4.81. The Bertz CT molecular complexity index is 302. The lowest BCUT2D eigenvalue weighted by Crippen LogP contribution is -2.33. The molecule has 2 unspecified atom stereocenters. The zero-order valence-electron chi connectivity index (χ0n) is 8.19. The summed E-state index contributed by atoms with van der Waals surface area (Å²) in [6.07, 6.45) is 3.24. The molecule has 1 aromatic heterocycles. The molecule has 1 aliphatic heterocycles. The van der Waals surface area contributed by atoms with Gasteiger partial charge in [0, 0.05) is 30.3 Å². The number of thiazole rings is 1. The molecule has 0 saturated carbocycles. The molecule has 1 saturated heterocycles. The summed E-state index contributed by atoms with van der Waals surface area (Å²) in [4.78, 5) is 5.19. The maximum atomic E-state index is 5.54. The highest BCUT2D eigenvalue weighted by Gasteiger charge is 2.23. The van der Waals surface area contributed by atoms with Gasteiger partial charge in [-0.2, -0.15) is 0 Å². The first-order valence-corrected chi connectivity index (χ1v) is 5.62. The summed E-state index contributed by atoms with van der Waals surface area (Å²) >= 11 is 1.54. The molecule has 2 atom stereocenters. The monoisotopic (exact) mass is 213 g/mol. The van der Waals surface area contributed by atoms with Gasteiger partial charge in [-0.05, 0) is 13.3 Å². The van der Waals surface area contributed by atoms with Crippen LogP contribution in [0.1, 0.15) is 18.2 Å². The van der Waals surface area contributed by atoms with Crippen molar-refractivity contribution in [3.63, 3.8) is 0 Å². The lowest BCUT2D eigenvalue weighted by Gasteiger charge is -2.14. The Balaban J connectivity index is 1.82. The second-order valence-corrected chi connectivity index (χ2v) is 4.66. The molecule has 0 amide bonds. The maximum Gasteiger partial charge on any atom is 0.180 e. The molecule has 1 aliphatic rings. The van der Waals surface area contributed by atoms with E-state index in [9.17, 15) is 0 Å². The van der Waals surface area contributed by atoms with Crippen LogP contribution in [0.25, 0.3) is 0 Å². The minimum absolute atomic E-state index is 0.320. The number of hydrogen-bond acceptors (Lipinski definition) is 5. The Morgan fingerprint density at radius 1 is 1.79 bits per heavy atom. The van der Waals surface area contributed by atoms with E-state index in [1.165, 1.54) is 16.2 Å². The molecule has 2 heterocycles. The molecule has 0 aromatic carbocycles. The van der Waals surface area contributed by atoms with Crippen LogP contribution >= 0.6 is 11.3 Å². The molecular weight excluding hydrogens is 198 g/mol. The zero-order chi connectivity index (χ0) is 9.97. The van der Waals surface area contributed by atoms with Crippen molar-refractivity contribution in [2.45, 2.75) is 32.0 Å². The summed E-state index contributed by atoms with van der Waals surface area (Å²) in [6.45, 7) is 3.81. The summed E-state index contributed by atoms with van der Waals surface area (Å²) in [5, 5.41) is 4.09. The van der Waals surface area contributed by atoms with Crippen LogP contribution in [0, 0.1) is 0 Å². The van der Waals surface area contributed by atoms with Crippen LogP contribution in [0.5, 0.6) is 0 Å². The molecular formula is C9H15N3OS. The average Bonchev–Trinajstić information content (AvgIpc) is 2.72. The van der Waals surface area contributed by atoms with Gasteiger partial charge in [0.2, 0.25) is 0 Å². The molecule has 2 rings (SSSR count). The van der Waals surface area contributed by atoms with E-state index in [4.69, 9.17) is 10.5 Å². The van der Waals surface area contributed by atoms with Gasteiger partial charge in [-0.15, -0.1) is 11.3 Å². The van der Waals surface area contributed by atoms with Gasteiger partial charge in [0.25, 0.3) is 0 Å². The van der Waals surface area contributed by atoms with Gasteiger partial charge in [-0.1, -0.05) is 0 Å². The van der Waals surface area contributed by atoms with Gasteiger partial charge >= 0.3 is 0 Å². The number of nitrogens with zero attached hydrogens (tertiary/aromatic N) is 1. The van der Waals surface area contributed by atoms with E-state index >= 15 is 0 Å². The third-order valence-corrected chi connectivity index (χ3v) is 3.31. The third-order valence-electron chi connectivity index (χ3n) is 2.49. The van der Waals surface area contributed by atoms with Gasteiger partial charge in [-0.3, -0.25) is 0 Å². The van der Waals surface area contributed by atoms with Crippen molar-refractivity contribution in [2.24, 2.45) is 0 Å². The molecule has 1 aromatic rings. The lowest BCUT2D eigenvalue weighted by atomic mass is 10.1. The van der Waals surface area contributed by atoms with Crippen molar-refractivity contribution in [1.29, 1.82) is 0 Å². The fraction of sp³-hybridized carbons (Fsp3) is 0.667. The largest absolute Gasteiger partial charge is 0.377 e. The Morgan fingerprint density at radius 2 is 2.64 bits per heavy atom. The molecule has 5 heteroatoms. The number of nitrogen functional groups attached to an aromatic ring is 1. The minimum atomic E-state index is 0.320. The minimum Gasteiger partial charge on any atom is -0.377 e. The first-order chi connectivity index (χ1) is 6.75. The highest BCUT2D eigenvalue weighted by atomic mass is 32.1. The smallest absolute Gasteiger partial charge is 0.180 e. The van der Waals surface area contributed by atoms with Gasteiger partial charge in [0.15, 0.2) is 5.13 Å². The second kappa shape index (κ2) is 4.25. The van der Waals surface area contributed by atoms with Gasteiger partial charge < -0.3 is 15.8 Å². The number of aromatic nitrogens is 1. The molecule has 78 valence electrons. The van der Waals surface area contributed by atoms with E-state index in [-0.39, 0.29) is 0 Å². The normalized spacial score (nSPS) is 26.9. The lowest BCUT2D eigenvalue weighted by molar-refractivity contribution is 0.113. The highest BCUT2D eigenvalue weighted by Crippen LogP contribution is 2.17. The molecule has 0 aliphatic carbocycles. The molecule has 3 N–H and O–H groups in total. The van der Waals surface area contributed by atoms with Crippen LogP contribution < -0.4 is 11.1 Å². The summed E-state index contributed by atoms with van der Waals surface area (Å²) in [7, 11) is 0. The summed E-state index contributed by atoms with van der Waals surface area (Å²) in [6, 6.07) is 0.471. The number of ether oxygens (including phenoxy) is 1. The Hall–Kier alpha value is -0.650. The number of nitrogens with one attached hydrogen (secondary N) is 1. The van der Waals surface area contributed by atoms with Crippen molar-refractivity contribution in [3.8, 4) is 0 Å². The Kier molecular flexibility index (Phi) is 3.00. The average molecular weight is 213 g/mol. The third kappa shape index (κ3) is 2.23. The van der Waals surface area contributed by atoms with E-state index in [2.05, 4.69) is 17.2 Å². The van der Waals surface area contributed by atoms with Crippen LogP contribution in [0.15, 0.2) is 6.20 Å². The fourth-order valence-electron chi connectivity index (χ4n) is 1.64. The van der Waals surface area contributed by atoms with Crippen LogP contribution in [0.4, 0.5) is 5.13 Å². The van der Waals surface area contributed by atoms with Crippen LogP contribution in [-0.4, -0.2) is 23.7 Å². The van der Waals surface area contributed by atoms with Gasteiger partial charge in [-0.25, -0.2) is 4.98 Å². The second-order valence-electron chi connectivity index (χ2n) is 3.52. The topological polar surface area (TPSA) is 60.2 Å². The molecule has 0 spiro atoms. The zero-order valence-corrected chi connectivity index (χ0v) is 9.01. The van der Waals surface area contributed by atoms with Crippen molar-refractivity contribution >= 4 is 16.5 Å². The van der Waals surface area contributed by atoms with E-state index in [1.54, 1.807) is 0 Å². The molecule has 0 bridgehead atoms. The van der Waals surface area contributed by atoms with E-state index < -0.39 is 0 Å². The van der Waals surface area contributed by atoms with Crippen molar-refractivity contribution in [2.75, 3.05) is 12.3 Å². The van der Waals surface area contributed by atoms with Gasteiger partial charge in [0.05, 0.1) is 6.10 Å². The SMILES string of the molecule is CC1OCCC1NCc1cnc(N)s1. The van der Waals surface area contributed by atoms with Crippen molar-refractivity contribution in [1.82, 2.24) is 10.3 Å². The number of anilines is 1. The predicted molar refractivity (Wildman–Crippen MR) is 57.2 cm³/mol. The Labute approximate surface area is 87.5 Å². The van der Waals surface area contributed by atoms with E-state index in [1.807, 2.05) is 6.20 Å². The number of nitrogens with two attached hydrogens (primary N) is 1. The van der Waals surface area contributed by atoms with E-state index in [0.717, 1.165) is 19.6 Å². The number of hydrogen-bond donors (Lipinski definition) is 2. The first kappa shape index (κ1) is 9.89. The summed E-state index contributed by atoms with van der Waals surface area (Å²) in [5.74, 6) is 0. The summed E-state index contributed by atoms with van der Waals surface area (Å²) < 4.78 is 5.46. The van der Waals surface area contributed by atoms with E-state index in [0.29, 0.717) is 17.3 Å². The van der Waals surface area contributed by atoms with Crippen molar-refractivity contribution < 1.29 is 4.74 Å². The molecule has 0 radical (unpaired) electrons. The van der Waals surface area contributed by atoms with Crippen molar-refractivity contribution in [3.05, 3.63) is 11.1 Å². The standard InChI is InChI=1S/C9H15N3OS/c1-6-8(2-3-13-6)11-4-7-5-12-9(10)14-7/h5-6,8,11H,2-4H2,1H3,(H2,10,12). The number of rotatable bonds is 3. The predicted octanol–water partition coefficient (Wildman–Crippen LogP) is 0.992. The quantitative estimate of drug-likeness (QED) is 0.786. The van der Waals surface area contributed by atoms with Crippen LogP contribution in [-0.2, 0) is 11.3 Å². The maximum absolute atomic E-state index is 5.54. The summed E-state index contributed by atoms with van der Waals surface area (Å²) in [5.41, 5.74) is 5.54. The van der Waals surface area contributed by atoms with Crippen LogP contribution in [0.2, 0.25) is 0 Å².